The Morgan fingerprint density at radius 2 is 1.38 bits per heavy atom. The molecule has 0 radical (unpaired) electrons. The first-order valence-electron chi connectivity index (χ1n) is 13.9. The van der Waals surface area contributed by atoms with Gasteiger partial charge < -0.3 is 37.9 Å². The fourth-order valence-corrected chi connectivity index (χ4v) is 7.64. The van der Waals surface area contributed by atoms with Crippen molar-refractivity contribution in [3.8, 4) is 0 Å². The number of carbonyl (C=O) groups is 6. The van der Waals surface area contributed by atoms with E-state index in [0.29, 0.717) is 0 Å². The first kappa shape index (κ1) is 30.2. The number of fused-ring (bicyclic) bond motifs is 3. The van der Waals surface area contributed by atoms with Gasteiger partial charge in [-0.2, -0.15) is 0 Å². The third-order valence-electron chi connectivity index (χ3n) is 9.56. The molecule has 0 bridgehead atoms. The lowest BCUT2D eigenvalue weighted by Gasteiger charge is -2.51. The molecule has 0 aromatic heterocycles. The second-order valence-corrected chi connectivity index (χ2v) is 12.4. The van der Waals surface area contributed by atoms with Crippen LogP contribution in [0.15, 0.2) is 0 Å². The number of epoxide rings is 2. The molecule has 14 heteroatoms. The number of rotatable bonds is 4. The van der Waals surface area contributed by atoms with Crippen molar-refractivity contribution in [2.45, 2.75) is 115 Å². The summed E-state index contributed by atoms with van der Waals surface area (Å²) in [4.78, 5) is 77.0. The first-order chi connectivity index (χ1) is 19.4. The van der Waals surface area contributed by atoms with Crippen LogP contribution in [0.1, 0.15) is 61.8 Å². The molecule has 1 saturated carbocycles. The zero-order chi connectivity index (χ0) is 31.2. The Bertz CT molecular complexity index is 1250. The molecular weight excluding hydrogens is 560 g/mol. The number of cyclic esters (lactones) is 1. The van der Waals surface area contributed by atoms with Crippen LogP contribution in [0.4, 0.5) is 0 Å². The van der Waals surface area contributed by atoms with E-state index < -0.39 is 113 Å². The van der Waals surface area contributed by atoms with Crippen molar-refractivity contribution in [3.05, 3.63) is 0 Å². The molecule has 4 aliphatic heterocycles. The highest BCUT2D eigenvalue weighted by Gasteiger charge is 2.91. The van der Waals surface area contributed by atoms with E-state index in [1.54, 1.807) is 13.8 Å². The van der Waals surface area contributed by atoms with Gasteiger partial charge in [-0.3, -0.25) is 24.0 Å². The number of ether oxygens (including phenoxy) is 8. The fraction of sp³-hybridized carbons (Fsp3) is 0.786. The molecule has 5 rings (SSSR count). The van der Waals surface area contributed by atoms with E-state index in [-0.39, 0.29) is 6.42 Å². The van der Waals surface area contributed by atoms with E-state index >= 15 is 0 Å². The van der Waals surface area contributed by atoms with Crippen molar-refractivity contribution in [2.75, 3.05) is 6.61 Å². The Balaban J connectivity index is 1.83. The Morgan fingerprint density at radius 1 is 0.810 bits per heavy atom. The van der Waals surface area contributed by atoms with Crippen molar-refractivity contribution >= 4 is 35.8 Å². The first-order valence-corrected chi connectivity index (χ1v) is 13.9. The molecule has 5 aliphatic rings. The molecule has 14 nitrogen and oxygen atoms in total. The van der Waals surface area contributed by atoms with E-state index in [9.17, 15) is 28.8 Å². The Morgan fingerprint density at radius 3 is 1.93 bits per heavy atom. The molecule has 42 heavy (non-hydrogen) atoms. The molecule has 1 spiro atoms. The summed E-state index contributed by atoms with van der Waals surface area (Å²) in [6.45, 7) is 10.5. The fourth-order valence-electron chi connectivity index (χ4n) is 7.64. The smallest absolute Gasteiger partial charge is 0.342 e. The topological polar surface area (TPSA) is 183 Å². The van der Waals surface area contributed by atoms with Crippen molar-refractivity contribution in [1.82, 2.24) is 0 Å². The van der Waals surface area contributed by atoms with E-state index in [0.717, 1.165) is 20.8 Å². The average molecular weight is 597 g/mol. The Hall–Kier alpha value is -3.26. The number of hydrogen-bond acceptors (Lipinski definition) is 14. The van der Waals surface area contributed by atoms with Crippen molar-refractivity contribution < 1.29 is 66.7 Å². The number of esters is 6. The lowest BCUT2D eigenvalue weighted by Crippen LogP contribution is -2.65. The minimum Gasteiger partial charge on any atom is -0.461 e. The molecule has 0 aromatic carbocycles. The van der Waals surface area contributed by atoms with Crippen molar-refractivity contribution in [1.29, 1.82) is 0 Å². The summed E-state index contributed by atoms with van der Waals surface area (Å²) in [5, 5.41) is 0. The van der Waals surface area contributed by atoms with Crippen LogP contribution >= 0.6 is 0 Å². The van der Waals surface area contributed by atoms with Gasteiger partial charge in [0.1, 0.15) is 37.1 Å². The average Bonchev–Trinajstić information content (AvgIpc) is 3.71. The maximum Gasteiger partial charge on any atom is 0.342 e. The van der Waals surface area contributed by atoms with Crippen LogP contribution in [0.25, 0.3) is 0 Å². The minimum absolute atomic E-state index is 0.0352. The second kappa shape index (κ2) is 9.63. The number of hydrogen-bond donors (Lipinski definition) is 0. The summed E-state index contributed by atoms with van der Waals surface area (Å²) in [6.07, 6.45) is -7.22. The summed E-state index contributed by atoms with van der Waals surface area (Å²) < 4.78 is 47.0. The van der Waals surface area contributed by atoms with Crippen LogP contribution in [0.5, 0.6) is 0 Å². The lowest BCUT2D eigenvalue weighted by molar-refractivity contribution is -0.222. The van der Waals surface area contributed by atoms with E-state index in [2.05, 4.69) is 0 Å². The van der Waals surface area contributed by atoms with Crippen LogP contribution < -0.4 is 0 Å². The van der Waals surface area contributed by atoms with E-state index in [1.807, 2.05) is 0 Å². The van der Waals surface area contributed by atoms with Crippen LogP contribution in [0.3, 0.4) is 0 Å². The molecule has 1 aliphatic carbocycles. The number of carbonyl (C=O) groups excluding carboxylic acids is 6. The van der Waals surface area contributed by atoms with Crippen LogP contribution in [0, 0.1) is 17.3 Å². The third kappa shape index (κ3) is 4.28. The zero-order valence-electron chi connectivity index (χ0n) is 24.7. The van der Waals surface area contributed by atoms with Gasteiger partial charge in [-0.1, -0.05) is 13.8 Å². The quantitative estimate of drug-likeness (QED) is 0.249. The standard InChI is InChI=1S/C28H36O14/c1-11-18-20(39-15(5)32)28-22(40-24(34)27(28,8)42-28)21-25(6,41-21)9-16(36-12(2)29)19(38-14(4)31)26(18,7)17(37-13(3)30)10-35-23(11)33/h11,16-22H,9-10H2,1-8H3/t11-,16+,17+,18-,19+,20+,21+,22+,25-,26+,27+,28-/m1/s1. The van der Waals surface area contributed by atoms with E-state index in [4.69, 9.17) is 37.9 Å². The molecule has 4 saturated heterocycles. The van der Waals surface area contributed by atoms with Crippen LogP contribution in [0.2, 0.25) is 0 Å². The minimum atomic E-state index is -1.65. The summed E-state index contributed by atoms with van der Waals surface area (Å²) in [6, 6.07) is 0. The van der Waals surface area contributed by atoms with Gasteiger partial charge in [0, 0.05) is 40.0 Å². The van der Waals surface area contributed by atoms with Gasteiger partial charge in [-0.05, 0) is 13.8 Å². The Labute approximate surface area is 241 Å². The van der Waals surface area contributed by atoms with Gasteiger partial charge in [0.2, 0.25) is 0 Å². The molecular formula is C28H36O14. The normalized spacial score (nSPS) is 47.0. The summed E-state index contributed by atoms with van der Waals surface area (Å²) in [5.74, 6) is -6.72. The molecule has 5 fully saturated rings. The molecule has 0 unspecified atom stereocenters. The largest absolute Gasteiger partial charge is 0.461 e. The van der Waals surface area contributed by atoms with Crippen LogP contribution in [-0.4, -0.2) is 95.8 Å². The molecule has 0 aromatic rings. The highest BCUT2D eigenvalue weighted by molar-refractivity contribution is 5.89. The maximum absolute atomic E-state index is 13.4. The SMILES string of the molecule is CC(=O)O[C@H]1C[C@@]2(C)O[C@H]2[C@@H]2OC(=O)[C@]3(C)O[C@]23[C@@H](OC(C)=O)[C@H]2[C@@H](C)C(=O)OC[C@H](OC(C)=O)[C@]2(C)[C@H]1OC(C)=O. The highest BCUT2D eigenvalue weighted by atomic mass is 16.8. The van der Waals surface area contributed by atoms with Gasteiger partial charge >= 0.3 is 35.8 Å². The maximum atomic E-state index is 13.4. The monoisotopic (exact) mass is 596 g/mol. The zero-order valence-corrected chi connectivity index (χ0v) is 24.7. The molecule has 0 amide bonds. The van der Waals surface area contributed by atoms with Gasteiger partial charge in [-0.15, -0.1) is 0 Å². The van der Waals surface area contributed by atoms with Crippen molar-refractivity contribution in [2.24, 2.45) is 17.3 Å². The summed E-state index contributed by atoms with van der Waals surface area (Å²) >= 11 is 0. The van der Waals surface area contributed by atoms with Crippen molar-refractivity contribution in [3.63, 3.8) is 0 Å². The summed E-state index contributed by atoms with van der Waals surface area (Å²) in [7, 11) is 0. The lowest BCUT2D eigenvalue weighted by atomic mass is 9.57. The highest BCUT2D eigenvalue weighted by Crippen LogP contribution is 2.68. The van der Waals surface area contributed by atoms with Gasteiger partial charge in [0.05, 0.1) is 16.9 Å². The third-order valence-corrected chi connectivity index (χ3v) is 9.56. The molecule has 232 valence electrons. The van der Waals surface area contributed by atoms with Crippen LogP contribution in [-0.2, 0) is 66.7 Å². The molecule has 12 atom stereocenters. The van der Waals surface area contributed by atoms with Gasteiger partial charge in [-0.25, -0.2) is 4.79 Å². The van der Waals surface area contributed by atoms with Gasteiger partial charge in [0.15, 0.2) is 17.3 Å². The van der Waals surface area contributed by atoms with Gasteiger partial charge in [0.25, 0.3) is 0 Å². The molecule has 4 heterocycles. The Kier molecular flexibility index (Phi) is 6.92. The van der Waals surface area contributed by atoms with E-state index in [1.165, 1.54) is 20.8 Å². The molecule has 0 N–H and O–H groups in total. The summed E-state index contributed by atoms with van der Waals surface area (Å²) in [5.41, 5.74) is -5.93. The predicted molar refractivity (Wildman–Crippen MR) is 134 cm³/mol. The second-order valence-electron chi connectivity index (χ2n) is 12.4. The predicted octanol–water partition coefficient (Wildman–Crippen LogP) is 0.543.